The van der Waals surface area contributed by atoms with Crippen molar-refractivity contribution in [1.29, 1.82) is 0 Å². The highest BCUT2D eigenvalue weighted by molar-refractivity contribution is 7.21. The first-order valence-corrected chi connectivity index (χ1v) is 7.28. The molecule has 0 aliphatic carbocycles. The van der Waals surface area contributed by atoms with Crippen molar-refractivity contribution < 1.29 is 9.13 Å². The molecule has 0 atom stereocenters. The van der Waals surface area contributed by atoms with Gasteiger partial charge in [0.25, 0.3) is 0 Å². The van der Waals surface area contributed by atoms with Crippen LogP contribution in [0.1, 0.15) is 13.8 Å². The summed E-state index contributed by atoms with van der Waals surface area (Å²) >= 11 is 1.59. The van der Waals surface area contributed by atoms with Crippen molar-refractivity contribution in [2.75, 3.05) is 7.11 Å². The van der Waals surface area contributed by atoms with E-state index in [0.29, 0.717) is 0 Å². The number of benzene rings is 2. The Morgan fingerprint density at radius 3 is 2.40 bits per heavy atom. The number of methoxy groups -OCH3 is 1. The van der Waals surface area contributed by atoms with E-state index >= 15 is 0 Å². The molecule has 3 rings (SSSR count). The van der Waals surface area contributed by atoms with Crippen molar-refractivity contribution in [3.63, 3.8) is 0 Å². The predicted octanol–water partition coefficient (Wildman–Crippen LogP) is 5.14. The minimum atomic E-state index is -0.235. The summed E-state index contributed by atoms with van der Waals surface area (Å²) < 4.78 is 19.1. The topological polar surface area (TPSA) is 22.1 Å². The number of halogens is 1. The van der Waals surface area contributed by atoms with Crippen molar-refractivity contribution in [1.82, 2.24) is 4.98 Å². The zero-order chi connectivity index (χ0) is 14.5. The van der Waals surface area contributed by atoms with Crippen LogP contribution in [0, 0.1) is 5.82 Å². The molecule has 20 heavy (non-hydrogen) atoms. The fraction of sp³-hybridized carbons (Fsp3) is 0.188. The van der Waals surface area contributed by atoms with Gasteiger partial charge in [0.1, 0.15) is 16.6 Å². The van der Waals surface area contributed by atoms with Gasteiger partial charge < -0.3 is 4.74 Å². The second kappa shape index (κ2) is 6.48. The summed E-state index contributed by atoms with van der Waals surface area (Å²) in [5, 5.41) is 0.887. The molecule has 0 radical (unpaired) electrons. The summed E-state index contributed by atoms with van der Waals surface area (Å²) in [5.74, 6) is 0.556. The maximum absolute atomic E-state index is 12.9. The highest BCUT2D eigenvalue weighted by atomic mass is 32.1. The van der Waals surface area contributed by atoms with E-state index in [1.54, 1.807) is 30.6 Å². The Labute approximate surface area is 121 Å². The van der Waals surface area contributed by atoms with Gasteiger partial charge in [-0.25, -0.2) is 9.37 Å². The van der Waals surface area contributed by atoms with Crippen molar-refractivity contribution >= 4 is 21.6 Å². The Kier molecular flexibility index (Phi) is 4.69. The lowest BCUT2D eigenvalue weighted by atomic mass is 10.2. The summed E-state index contributed by atoms with van der Waals surface area (Å²) in [5.41, 5.74) is 1.83. The third kappa shape index (κ3) is 2.96. The molecular weight excluding hydrogens is 273 g/mol. The van der Waals surface area contributed by atoms with Crippen LogP contribution in [0.5, 0.6) is 5.75 Å². The Balaban J connectivity index is 0.000000704. The number of rotatable bonds is 2. The Morgan fingerprint density at radius 2 is 1.75 bits per heavy atom. The van der Waals surface area contributed by atoms with Gasteiger partial charge in [-0.05, 0) is 36.4 Å². The second-order valence-electron chi connectivity index (χ2n) is 3.86. The Bertz CT molecular complexity index is 691. The molecule has 104 valence electrons. The monoisotopic (exact) mass is 289 g/mol. The van der Waals surface area contributed by atoms with Crippen molar-refractivity contribution in [3.05, 3.63) is 48.3 Å². The quantitative estimate of drug-likeness (QED) is 0.652. The Morgan fingerprint density at radius 1 is 1.05 bits per heavy atom. The molecule has 0 aliphatic heterocycles. The van der Waals surface area contributed by atoms with E-state index in [1.165, 1.54) is 12.1 Å². The van der Waals surface area contributed by atoms with E-state index in [0.717, 1.165) is 26.5 Å². The first-order valence-electron chi connectivity index (χ1n) is 6.47. The lowest BCUT2D eigenvalue weighted by Gasteiger charge is -1.96. The fourth-order valence-electron chi connectivity index (χ4n) is 1.75. The van der Waals surface area contributed by atoms with Gasteiger partial charge in [0, 0.05) is 11.6 Å². The fourth-order valence-corrected chi connectivity index (χ4v) is 2.70. The van der Waals surface area contributed by atoms with Crippen molar-refractivity contribution in [3.8, 4) is 16.3 Å². The molecule has 0 aliphatic rings. The van der Waals surface area contributed by atoms with Gasteiger partial charge in [-0.2, -0.15) is 0 Å². The second-order valence-corrected chi connectivity index (χ2v) is 4.89. The first-order chi connectivity index (χ1) is 9.76. The lowest BCUT2D eigenvalue weighted by molar-refractivity contribution is 0.415. The normalized spacial score (nSPS) is 10.0. The molecule has 2 aromatic carbocycles. The van der Waals surface area contributed by atoms with Crippen molar-refractivity contribution in [2.45, 2.75) is 13.8 Å². The van der Waals surface area contributed by atoms with Crippen LogP contribution in [0.4, 0.5) is 4.39 Å². The van der Waals surface area contributed by atoms with Crippen LogP contribution in [0.25, 0.3) is 20.8 Å². The number of hydrogen-bond donors (Lipinski definition) is 0. The van der Waals surface area contributed by atoms with Gasteiger partial charge in [0.15, 0.2) is 0 Å². The third-order valence-electron chi connectivity index (χ3n) is 2.69. The summed E-state index contributed by atoms with van der Waals surface area (Å²) in [6.07, 6.45) is 0. The van der Waals surface area contributed by atoms with Gasteiger partial charge in [0.05, 0.1) is 17.3 Å². The van der Waals surface area contributed by atoms with E-state index in [-0.39, 0.29) is 5.82 Å². The first kappa shape index (κ1) is 14.5. The minimum absolute atomic E-state index is 0.235. The van der Waals surface area contributed by atoms with Crippen molar-refractivity contribution in [2.24, 2.45) is 0 Å². The molecule has 1 heterocycles. The number of ether oxygens (including phenoxy) is 1. The number of thiazole rings is 1. The SMILES string of the molecule is CC.COc1ccc2sc(-c3ccc(F)cc3)nc2c1. The number of aromatic nitrogens is 1. The molecule has 0 spiro atoms. The molecule has 0 bridgehead atoms. The molecule has 2 nitrogen and oxygen atoms in total. The van der Waals surface area contributed by atoms with Crippen LogP contribution in [-0.2, 0) is 0 Å². The largest absolute Gasteiger partial charge is 0.497 e. The summed E-state index contributed by atoms with van der Waals surface area (Å²) in [4.78, 5) is 4.54. The van der Waals surface area contributed by atoms with Gasteiger partial charge in [-0.3, -0.25) is 0 Å². The standard InChI is InChI=1S/C14H10FNOS.C2H6/c1-17-11-6-7-13-12(8-11)16-14(18-13)9-2-4-10(15)5-3-9;1-2/h2-8H,1H3;1-2H3. The molecule has 0 fully saturated rings. The minimum Gasteiger partial charge on any atom is -0.497 e. The molecule has 3 aromatic rings. The van der Waals surface area contributed by atoms with Gasteiger partial charge in [-0.1, -0.05) is 13.8 Å². The molecular formula is C16H16FNOS. The van der Waals surface area contributed by atoms with Gasteiger partial charge in [0.2, 0.25) is 0 Å². The zero-order valence-electron chi connectivity index (χ0n) is 11.7. The number of hydrogen-bond acceptors (Lipinski definition) is 3. The van der Waals surface area contributed by atoms with Crippen LogP contribution in [-0.4, -0.2) is 12.1 Å². The van der Waals surface area contributed by atoms with Crippen LogP contribution >= 0.6 is 11.3 Å². The maximum atomic E-state index is 12.9. The van der Waals surface area contributed by atoms with Crippen LogP contribution in [0.15, 0.2) is 42.5 Å². The molecule has 0 unspecified atom stereocenters. The van der Waals surface area contributed by atoms with Gasteiger partial charge >= 0.3 is 0 Å². The highest BCUT2D eigenvalue weighted by Gasteiger charge is 2.07. The number of fused-ring (bicyclic) bond motifs is 1. The maximum Gasteiger partial charge on any atom is 0.124 e. The molecule has 0 saturated carbocycles. The van der Waals surface area contributed by atoms with E-state index in [2.05, 4.69) is 4.98 Å². The third-order valence-corrected chi connectivity index (χ3v) is 3.77. The van der Waals surface area contributed by atoms with Crippen LogP contribution in [0.2, 0.25) is 0 Å². The van der Waals surface area contributed by atoms with E-state index in [4.69, 9.17) is 4.74 Å². The number of nitrogens with zero attached hydrogens (tertiary/aromatic N) is 1. The molecule has 0 saturated heterocycles. The summed E-state index contributed by atoms with van der Waals surface area (Å²) in [7, 11) is 1.63. The summed E-state index contributed by atoms with van der Waals surface area (Å²) in [6.45, 7) is 4.00. The zero-order valence-corrected chi connectivity index (χ0v) is 12.5. The average Bonchev–Trinajstić information content (AvgIpc) is 2.92. The highest BCUT2D eigenvalue weighted by Crippen LogP contribution is 2.31. The predicted molar refractivity (Wildman–Crippen MR) is 82.9 cm³/mol. The smallest absolute Gasteiger partial charge is 0.124 e. The van der Waals surface area contributed by atoms with E-state index in [1.807, 2.05) is 32.0 Å². The van der Waals surface area contributed by atoms with Crippen LogP contribution < -0.4 is 4.74 Å². The van der Waals surface area contributed by atoms with Crippen LogP contribution in [0.3, 0.4) is 0 Å². The lowest BCUT2D eigenvalue weighted by Crippen LogP contribution is -1.81. The molecule has 0 N–H and O–H groups in total. The van der Waals surface area contributed by atoms with E-state index < -0.39 is 0 Å². The average molecular weight is 289 g/mol. The Hall–Kier alpha value is -1.94. The van der Waals surface area contributed by atoms with E-state index in [9.17, 15) is 4.39 Å². The van der Waals surface area contributed by atoms with Gasteiger partial charge in [-0.15, -0.1) is 11.3 Å². The molecule has 0 amide bonds. The summed E-state index contributed by atoms with van der Waals surface area (Å²) in [6, 6.07) is 12.2. The molecule has 4 heteroatoms. The molecule has 1 aromatic heterocycles.